The maximum absolute atomic E-state index is 12.6. The van der Waals surface area contributed by atoms with Gasteiger partial charge in [-0.25, -0.2) is 0 Å². The fraction of sp³-hybridized carbons (Fsp3) is 0.312. The summed E-state index contributed by atoms with van der Waals surface area (Å²) >= 11 is 1.71. The quantitative estimate of drug-likeness (QED) is 0.939. The molecule has 1 unspecified atom stereocenters. The third-order valence-electron chi connectivity index (χ3n) is 3.86. The Morgan fingerprint density at radius 1 is 1.40 bits per heavy atom. The molecule has 1 aliphatic heterocycles. The first-order chi connectivity index (χ1) is 9.66. The van der Waals surface area contributed by atoms with E-state index >= 15 is 0 Å². The summed E-state index contributed by atoms with van der Waals surface area (Å²) in [5.74, 6) is 0.131. The van der Waals surface area contributed by atoms with Gasteiger partial charge in [-0.05, 0) is 35.6 Å². The number of thiophene rings is 1. The van der Waals surface area contributed by atoms with Crippen molar-refractivity contribution in [2.24, 2.45) is 0 Å². The molecule has 0 radical (unpaired) electrons. The van der Waals surface area contributed by atoms with Gasteiger partial charge in [0.1, 0.15) is 0 Å². The van der Waals surface area contributed by atoms with Crippen molar-refractivity contribution in [2.45, 2.75) is 19.4 Å². The van der Waals surface area contributed by atoms with Gasteiger partial charge in [-0.3, -0.25) is 4.79 Å². The number of amides is 1. The molecule has 1 aromatic heterocycles. The van der Waals surface area contributed by atoms with Crippen molar-refractivity contribution >= 4 is 22.9 Å². The van der Waals surface area contributed by atoms with Crippen LogP contribution in [-0.4, -0.2) is 24.4 Å². The number of aryl methyl sites for hydroxylation is 1. The topological polar surface area (TPSA) is 32.3 Å². The van der Waals surface area contributed by atoms with Crippen LogP contribution in [0.2, 0.25) is 0 Å². The summed E-state index contributed by atoms with van der Waals surface area (Å²) < 4.78 is 0. The zero-order valence-electron chi connectivity index (χ0n) is 11.7. The summed E-state index contributed by atoms with van der Waals surface area (Å²) in [5, 5.41) is 5.39. The van der Waals surface area contributed by atoms with E-state index in [0.29, 0.717) is 13.1 Å². The first kappa shape index (κ1) is 13.2. The SMILES string of the molecule is Cc1ccsc1CN(C)C(=O)C1CNc2ccccc21. The van der Waals surface area contributed by atoms with Crippen LogP contribution in [-0.2, 0) is 11.3 Å². The third-order valence-corrected chi connectivity index (χ3v) is 4.86. The summed E-state index contributed by atoms with van der Waals surface area (Å²) in [6.07, 6.45) is 0. The first-order valence-electron chi connectivity index (χ1n) is 6.77. The van der Waals surface area contributed by atoms with Crippen LogP contribution in [0.5, 0.6) is 0 Å². The molecule has 20 heavy (non-hydrogen) atoms. The number of hydrogen-bond donors (Lipinski definition) is 1. The zero-order valence-corrected chi connectivity index (χ0v) is 12.5. The van der Waals surface area contributed by atoms with Crippen LogP contribution < -0.4 is 5.32 Å². The summed E-state index contributed by atoms with van der Waals surface area (Å²) in [5.41, 5.74) is 3.47. The fourth-order valence-corrected chi connectivity index (χ4v) is 3.59. The summed E-state index contributed by atoms with van der Waals surface area (Å²) in [6.45, 7) is 3.49. The molecule has 2 aromatic rings. The Bertz CT molecular complexity index is 635. The molecular formula is C16H18N2OS. The average Bonchev–Trinajstić information content (AvgIpc) is 3.05. The Morgan fingerprint density at radius 3 is 2.95 bits per heavy atom. The molecule has 3 nitrogen and oxygen atoms in total. The number of nitrogens with one attached hydrogen (secondary N) is 1. The number of para-hydroxylation sites is 1. The van der Waals surface area contributed by atoms with E-state index in [1.165, 1.54) is 10.4 Å². The molecule has 1 atom stereocenters. The number of carbonyl (C=O) groups excluding carboxylic acids is 1. The van der Waals surface area contributed by atoms with Gasteiger partial charge >= 0.3 is 0 Å². The Balaban J connectivity index is 1.75. The summed E-state index contributed by atoms with van der Waals surface area (Å²) in [4.78, 5) is 15.7. The van der Waals surface area contributed by atoms with Crippen LogP contribution >= 0.6 is 11.3 Å². The number of carbonyl (C=O) groups is 1. The lowest BCUT2D eigenvalue weighted by Gasteiger charge is -2.21. The van der Waals surface area contributed by atoms with Gasteiger partial charge in [-0.1, -0.05) is 18.2 Å². The van der Waals surface area contributed by atoms with Crippen molar-refractivity contribution in [1.29, 1.82) is 0 Å². The summed E-state index contributed by atoms with van der Waals surface area (Å²) in [7, 11) is 1.89. The highest BCUT2D eigenvalue weighted by atomic mass is 32.1. The number of rotatable bonds is 3. The minimum atomic E-state index is -0.0588. The second-order valence-corrected chi connectivity index (χ2v) is 6.24. The molecule has 3 rings (SSSR count). The molecule has 1 aliphatic rings. The standard InChI is InChI=1S/C16H18N2OS/c1-11-7-8-20-15(11)10-18(2)16(19)13-9-17-14-6-4-3-5-12(13)14/h3-8,13,17H,9-10H2,1-2H3. The molecule has 0 aliphatic carbocycles. The minimum absolute atomic E-state index is 0.0588. The fourth-order valence-electron chi connectivity index (χ4n) is 2.63. The van der Waals surface area contributed by atoms with Crippen LogP contribution in [0.3, 0.4) is 0 Å². The van der Waals surface area contributed by atoms with Crippen LogP contribution in [0.1, 0.15) is 21.9 Å². The Hall–Kier alpha value is -1.81. The van der Waals surface area contributed by atoms with E-state index in [-0.39, 0.29) is 11.8 Å². The van der Waals surface area contributed by atoms with E-state index in [1.807, 2.05) is 36.2 Å². The van der Waals surface area contributed by atoms with Crippen molar-refractivity contribution in [3.8, 4) is 0 Å². The highest BCUT2D eigenvalue weighted by molar-refractivity contribution is 7.10. The zero-order chi connectivity index (χ0) is 14.1. The van der Waals surface area contributed by atoms with Gasteiger partial charge in [0.05, 0.1) is 12.5 Å². The van der Waals surface area contributed by atoms with E-state index in [4.69, 9.17) is 0 Å². The largest absolute Gasteiger partial charge is 0.384 e. The maximum Gasteiger partial charge on any atom is 0.232 e. The summed E-state index contributed by atoms with van der Waals surface area (Å²) in [6, 6.07) is 10.2. The molecule has 2 heterocycles. The van der Waals surface area contributed by atoms with Crippen molar-refractivity contribution in [3.63, 3.8) is 0 Å². The van der Waals surface area contributed by atoms with Gasteiger partial charge in [-0.15, -0.1) is 11.3 Å². The van der Waals surface area contributed by atoms with Gasteiger partial charge < -0.3 is 10.2 Å². The smallest absolute Gasteiger partial charge is 0.232 e. The highest BCUT2D eigenvalue weighted by Gasteiger charge is 2.30. The number of nitrogens with zero attached hydrogens (tertiary/aromatic N) is 1. The van der Waals surface area contributed by atoms with Gasteiger partial charge in [-0.2, -0.15) is 0 Å². The second kappa shape index (κ2) is 5.29. The Kier molecular flexibility index (Phi) is 3.49. The van der Waals surface area contributed by atoms with E-state index in [0.717, 1.165) is 11.3 Å². The number of benzene rings is 1. The number of likely N-dealkylation sites (N-methyl/N-ethyl adjacent to an activating group) is 1. The molecule has 4 heteroatoms. The molecule has 0 fully saturated rings. The molecule has 0 saturated heterocycles. The lowest BCUT2D eigenvalue weighted by Crippen LogP contribution is -2.32. The lowest BCUT2D eigenvalue weighted by molar-refractivity contribution is -0.131. The lowest BCUT2D eigenvalue weighted by atomic mass is 10.00. The molecule has 1 aromatic carbocycles. The normalized spacial score (nSPS) is 16.6. The van der Waals surface area contributed by atoms with E-state index < -0.39 is 0 Å². The van der Waals surface area contributed by atoms with E-state index in [1.54, 1.807) is 11.3 Å². The van der Waals surface area contributed by atoms with Gasteiger partial charge in [0.15, 0.2) is 0 Å². The van der Waals surface area contributed by atoms with Gasteiger partial charge in [0.2, 0.25) is 5.91 Å². The average molecular weight is 286 g/mol. The van der Waals surface area contributed by atoms with Crippen LogP contribution in [0.4, 0.5) is 5.69 Å². The van der Waals surface area contributed by atoms with Gasteiger partial charge in [0, 0.05) is 24.2 Å². The van der Waals surface area contributed by atoms with Crippen LogP contribution in [0.15, 0.2) is 35.7 Å². The first-order valence-corrected chi connectivity index (χ1v) is 7.65. The Morgan fingerprint density at radius 2 is 2.20 bits per heavy atom. The van der Waals surface area contributed by atoms with E-state index in [9.17, 15) is 4.79 Å². The van der Waals surface area contributed by atoms with E-state index in [2.05, 4.69) is 23.7 Å². The monoisotopic (exact) mass is 286 g/mol. The minimum Gasteiger partial charge on any atom is -0.384 e. The number of anilines is 1. The van der Waals surface area contributed by atoms with Crippen molar-refractivity contribution in [3.05, 3.63) is 51.7 Å². The second-order valence-electron chi connectivity index (χ2n) is 5.24. The van der Waals surface area contributed by atoms with Crippen molar-refractivity contribution < 1.29 is 4.79 Å². The molecule has 0 saturated carbocycles. The predicted octanol–water partition coefficient (Wildman–Crippen LogP) is 3.22. The van der Waals surface area contributed by atoms with Gasteiger partial charge in [0.25, 0.3) is 0 Å². The third kappa shape index (κ3) is 2.31. The molecule has 0 bridgehead atoms. The molecule has 104 valence electrons. The number of hydrogen-bond acceptors (Lipinski definition) is 3. The molecular weight excluding hydrogens is 268 g/mol. The molecule has 1 N–H and O–H groups in total. The maximum atomic E-state index is 12.6. The predicted molar refractivity (Wildman–Crippen MR) is 83.2 cm³/mol. The molecule has 1 amide bonds. The van der Waals surface area contributed by atoms with Crippen molar-refractivity contribution in [1.82, 2.24) is 4.90 Å². The highest BCUT2D eigenvalue weighted by Crippen LogP contribution is 2.32. The van der Waals surface area contributed by atoms with Crippen LogP contribution in [0, 0.1) is 6.92 Å². The number of fused-ring (bicyclic) bond motifs is 1. The Labute approximate surface area is 123 Å². The molecule has 0 spiro atoms. The van der Waals surface area contributed by atoms with Crippen molar-refractivity contribution in [2.75, 3.05) is 18.9 Å². The van der Waals surface area contributed by atoms with Crippen LogP contribution in [0.25, 0.3) is 0 Å².